The van der Waals surface area contributed by atoms with Crippen LogP contribution in [-0.4, -0.2) is 71.8 Å². The summed E-state index contributed by atoms with van der Waals surface area (Å²) in [7, 11) is 0. The van der Waals surface area contributed by atoms with Crippen molar-refractivity contribution in [2.75, 3.05) is 39.3 Å². The van der Waals surface area contributed by atoms with Gasteiger partial charge in [-0.05, 0) is 70.5 Å². The minimum atomic E-state index is 0.0232. The van der Waals surface area contributed by atoms with Gasteiger partial charge in [0.25, 0.3) is 0 Å². The first-order valence-electron chi connectivity index (χ1n) is 12.3. The van der Waals surface area contributed by atoms with E-state index < -0.39 is 0 Å². The predicted molar refractivity (Wildman–Crippen MR) is 118 cm³/mol. The molecular formula is C24H43N3O2. The van der Waals surface area contributed by atoms with Gasteiger partial charge in [0.05, 0.1) is 0 Å². The molecule has 3 rings (SSSR count). The highest BCUT2D eigenvalue weighted by molar-refractivity contribution is 5.79. The molecule has 1 saturated carbocycles. The van der Waals surface area contributed by atoms with E-state index in [2.05, 4.69) is 14.7 Å². The van der Waals surface area contributed by atoms with Gasteiger partial charge < -0.3 is 14.7 Å². The minimum Gasteiger partial charge on any atom is -0.341 e. The zero-order chi connectivity index (χ0) is 20.6. The molecule has 29 heavy (non-hydrogen) atoms. The van der Waals surface area contributed by atoms with Crippen molar-refractivity contribution in [1.29, 1.82) is 0 Å². The molecule has 2 aliphatic heterocycles. The standard InChI is InChI=1S/C24H43N3O2/c1-20(2)24(29)27(17-9-15-25-13-6-7-14-25)22-12-8-16-26(19-22)23(28)18-21-10-4-3-5-11-21/h20-22H,3-19H2,1-2H3. The topological polar surface area (TPSA) is 43.9 Å². The van der Waals surface area contributed by atoms with Crippen LogP contribution in [0, 0.1) is 11.8 Å². The van der Waals surface area contributed by atoms with Crippen LogP contribution in [0.4, 0.5) is 0 Å². The van der Waals surface area contributed by atoms with E-state index in [-0.39, 0.29) is 17.9 Å². The summed E-state index contributed by atoms with van der Waals surface area (Å²) in [5, 5.41) is 0. The number of carbonyl (C=O) groups excluding carboxylic acids is 2. The molecule has 1 unspecified atom stereocenters. The molecule has 0 aromatic carbocycles. The highest BCUT2D eigenvalue weighted by atomic mass is 16.2. The number of hydrogen-bond donors (Lipinski definition) is 0. The normalized spacial score (nSPS) is 24.2. The second kappa shape index (κ2) is 11.3. The average Bonchev–Trinajstić information content (AvgIpc) is 3.25. The van der Waals surface area contributed by atoms with E-state index in [0.29, 0.717) is 11.8 Å². The first-order valence-corrected chi connectivity index (χ1v) is 12.3. The highest BCUT2D eigenvalue weighted by Crippen LogP contribution is 2.28. The van der Waals surface area contributed by atoms with Gasteiger partial charge in [-0.3, -0.25) is 9.59 Å². The maximum absolute atomic E-state index is 13.0. The molecule has 2 saturated heterocycles. The molecule has 0 bridgehead atoms. The van der Waals surface area contributed by atoms with E-state index in [1.807, 2.05) is 13.8 Å². The summed E-state index contributed by atoms with van der Waals surface area (Å²) in [6.07, 6.45) is 12.8. The number of amides is 2. The first-order chi connectivity index (χ1) is 14.0. The molecule has 5 heteroatoms. The molecule has 1 atom stereocenters. The predicted octanol–water partition coefficient (Wildman–Crippen LogP) is 3.92. The summed E-state index contributed by atoms with van der Waals surface area (Å²) in [4.78, 5) is 32.6. The Morgan fingerprint density at radius 3 is 2.34 bits per heavy atom. The number of nitrogens with zero attached hydrogens (tertiary/aromatic N) is 3. The highest BCUT2D eigenvalue weighted by Gasteiger charge is 2.32. The van der Waals surface area contributed by atoms with Crippen molar-refractivity contribution >= 4 is 11.8 Å². The van der Waals surface area contributed by atoms with Gasteiger partial charge in [0.15, 0.2) is 0 Å². The van der Waals surface area contributed by atoms with Gasteiger partial charge in [-0.25, -0.2) is 0 Å². The van der Waals surface area contributed by atoms with Gasteiger partial charge in [-0.1, -0.05) is 33.1 Å². The van der Waals surface area contributed by atoms with Crippen molar-refractivity contribution in [3.8, 4) is 0 Å². The fourth-order valence-electron chi connectivity index (χ4n) is 5.48. The zero-order valence-corrected chi connectivity index (χ0v) is 18.9. The van der Waals surface area contributed by atoms with Crippen molar-refractivity contribution in [3.05, 3.63) is 0 Å². The van der Waals surface area contributed by atoms with Crippen LogP contribution in [0.1, 0.15) is 84.5 Å². The summed E-state index contributed by atoms with van der Waals surface area (Å²) >= 11 is 0. The van der Waals surface area contributed by atoms with Crippen LogP contribution >= 0.6 is 0 Å². The van der Waals surface area contributed by atoms with Gasteiger partial charge >= 0.3 is 0 Å². The third kappa shape index (κ3) is 6.70. The zero-order valence-electron chi connectivity index (χ0n) is 18.9. The Morgan fingerprint density at radius 2 is 1.66 bits per heavy atom. The molecule has 166 valence electrons. The Bertz CT molecular complexity index is 524. The molecule has 0 N–H and O–H groups in total. The monoisotopic (exact) mass is 405 g/mol. The van der Waals surface area contributed by atoms with Crippen LogP contribution in [0.2, 0.25) is 0 Å². The first kappa shape index (κ1) is 22.6. The summed E-state index contributed by atoms with van der Waals surface area (Å²) in [6, 6.07) is 0.201. The smallest absolute Gasteiger partial charge is 0.225 e. The number of piperidine rings is 1. The molecule has 0 aromatic heterocycles. The lowest BCUT2D eigenvalue weighted by Gasteiger charge is -2.41. The molecule has 2 heterocycles. The van der Waals surface area contributed by atoms with Crippen LogP contribution in [0.3, 0.4) is 0 Å². The van der Waals surface area contributed by atoms with Crippen molar-refractivity contribution in [2.45, 2.75) is 90.5 Å². The van der Waals surface area contributed by atoms with E-state index in [1.54, 1.807) is 0 Å². The van der Waals surface area contributed by atoms with Gasteiger partial charge in [0.1, 0.15) is 0 Å². The van der Waals surface area contributed by atoms with Gasteiger partial charge in [0, 0.05) is 38.0 Å². The molecule has 2 amide bonds. The van der Waals surface area contributed by atoms with Gasteiger partial charge in [-0.2, -0.15) is 0 Å². The number of hydrogen-bond acceptors (Lipinski definition) is 3. The molecule has 0 spiro atoms. The second-order valence-corrected chi connectivity index (χ2v) is 9.93. The quantitative estimate of drug-likeness (QED) is 0.615. The number of carbonyl (C=O) groups is 2. The molecule has 0 aromatic rings. The van der Waals surface area contributed by atoms with Crippen LogP contribution < -0.4 is 0 Å². The average molecular weight is 406 g/mol. The Hall–Kier alpha value is -1.10. The minimum absolute atomic E-state index is 0.0232. The number of likely N-dealkylation sites (tertiary alicyclic amines) is 2. The van der Waals surface area contributed by atoms with Crippen LogP contribution in [-0.2, 0) is 9.59 Å². The third-order valence-corrected chi connectivity index (χ3v) is 7.23. The van der Waals surface area contributed by atoms with Crippen LogP contribution in [0.25, 0.3) is 0 Å². The largest absolute Gasteiger partial charge is 0.341 e. The Morgan fingerprint density at radius 1 is 0.931 bits per heavy atom. The Kier molecular flexibility index (Phi) is 8.83. The summed E-state index contributed by atoms with van der Waals surface area (Å²) < 4.78 is 0. The van der Waals surface area contributed by atoms with Gasteiger partial charge in [-0.15, -0.1) is 0 Å². The fraction of sp³-hybridized carbons (Fsp3) is 0.917. The van der Waals surface area contributed by atoms with Crippen LogP contribution in [0.5, 0.6) is 0 Å². The molecule has 1 aliphatic carbocycles. The van der Waals surface area contributed by atoms with Crippen LogP contribution in [0.15, 0.2) is 0 Å². The van der Waals surface area contributed by atoms with E-state index in [9.17, 15) is 9.59 Å². The van der Waals surface area contributed by atoms with E-state index in [1.165, 1.54) is 58.0 Å². The third-order valence-electron chi connectivity index (χ3n) is 7.23. The molecule has 3 aliphatic rings. The maximum atomic E-state index is 13.0. The van der Waals surface area contributed by atoms with Crippen molar-refractivity contribution in [1.82, 2.24) is 14.7 Å². The lowest BCUT2D eigenvalue weighted by atomic mass is 9.86. The van der Waals surface area contributed by atoms with Gasteiger partial charge in [0.2, 0.25) is 11.8 Å². The van der Waals surface area contributed by atoms with E-state index in [4.69, 9.17) is 0 Å². The van der Waals surface area contributed by atoms with Crippen molar-refractivity contribution in [2.24, 2.45) is 11.8 Å². The molecule has 0 radical (unpaired) electrons. The summed E-state index contributed by atoms with van der Waals surface area (Å²) in [5.41, 5.74) is 0. The SMILES string of the molecule is CC(C)C(=O)N(CCCN1CCCC1)C1CCCN(C(=O)CC2CCCCC2)C1. The fourth-order valence-corrected chi connectivity index (χ4v) is 5.48. The van der Waals surface area contributed by atoms with Crippen molar-refractivity contribution < 1.29 is 9.59 Å². The molecular weight excluding hydrogens is 362 g/mol. The number of rotatable bonds is 8. The summed E-state index contributed by atoms with van der Waals surface area (Å²) in [6.45, 7) is 9.99. The van der Waals surface area contributed by atoms with E-state index >= 15 is 0 Å². The second-order valence-electron chi connectivity index (χ2n) is 9.93. The maximum Gasteiger partial charge on any atom is 0.225 e. The van der Waals surface area contributed by atoms with E-state index in [0.717, 1.165) is 51.9 Å². The molecule has 5 nitrogen and oxygen atoms in total. The Labute approximate surface area is 178 Å². The Balaban J connectivity index is 1.54. The lowest BCUT2D eigenvalue weighted by Crippen LogP contribution is -2.53. The van der Waals surface area contributed by atoms with Crippen molar-refractivity contribution in [3.63, 3.8) is 0 Å². The molecule has 3 fully saturated rings. The summed E-state index contributed by atoms with van der Waals surface area (Å²) in [5.74, 6) is 1.20. The lowest BCUT2D eigenvalue weighted by molar-refractivity contribution is -0.142.